The lowest BCUT2D eigenvalue weighted by atomic mass is 9.94. The zero-order valence-electron chi connectivity index (χ0n) is 13.5. The molecule has 1 fully saturated rings. The summed E-state index contributed by atoms with van der Waals surface area (Å²) in [6.07, 6.45) is 1.31. The van der Waals surface area contributed by atoms with Gasteiger partial charge in [-0.1, -0.05) is 6.92 Å². The summed E-state index contributed by atoms with van der Waals surface area (Å²) in [5.74, 6) is 0.995. The predicted molar refractivity (Wildman–Crippen MR) is 82.8 cm³/mol. The number of fused-ring (bicyclic) bond motifs is 1. The Morgan fingerprint density at radius 3 is 2.76 bits per heavy atom. The van der Waals surface area contributed by atoms with Crippen LogP contribution in [0.25, 0.3) is 0 Å². The van der Waals surface area contributed by atoms with Crippen LogP contribution in [0, 0.1) is 0 Å². The summed E-state index contributed by atoms with van der Waals surface area (Å²) in [6, 6.07) is 7.35. The molecule has 4 heteroatoms. The third kappa shape index (κ3) is 3.23. The average Bonchev–Trinajstić information content (AvgIpc) is 2.55. The maximum absolute atomic E-state index is 5.38. The number of ether oxygens (including phenoxy) is 1. The molecular formula is C17H30N3O+3. The second kappa shape index (κ2) is 6.77. The molecule has 1 atom stereocenters. The maximum atomic E-state index is 5.38. The van der Waals surface area contributed by atoms with Gasteiger partial charge in [-0.05, 0) is 24.6 Å². The molecule has 0 saturated carbocycles. The van der Waals surface area contributed by atoms with Crippen LogP contribution in [0.2, 0.25) is 0 Å². The van der Waals surface area contributed by atoms with E-state index in [1.54, 1.807) is 22.5 Å². The van der Waals surface area contributed by atoms with Gasteiger partial charge in [-0.25, -0.2) is 0 Å². The molecular weight excluding hydrogens is 262 g/mol. The van der Waals surface area contributed by atoms with Crippen LogP contribution in [0.5, 0.6) is 5.75 Å². The highest BCUT2D eigenvalue weighted by atomic mass is 16.5. The van der Waals surface area contributed by atoms with E-state index in [0.717, 1.165) is 12.3 Å². The van der Waals surface area contributed by atoms with E-state index in [2.05, 4.69) is 30.4 Å². The van der Waals surface area contributed by atoms with Gasteiger partial charge in [0.05, 0.1) is 13.7 Å². The highest BCUT2D eigenvalue weighted by Crippen LogP contribution is 2.22. The molecule has 0 aromatic heterocycles. The van der Waals surface area contributed by atoms with Gasteiger partial charge in [-0.2, -0.15) is 0 Å². The summed E-state index contributed by atoms with van der Waals surface area (Å²) in [4.78, 5) is 3.59. The lowest BCUT2D eigenvalue weighted by Gasteiger charge is -2.36. The minimum atomic E-state index is 0.669. The molecule has 1 aromatic rings. The monoisotopic (exact) mass is 292 g/mol. The number of methoxy groups -OCH3 is 1. The molecule has 0 unspecified atom stereocenters. The summed E-state index contributed by atoms with van der Waals surface area (Å²) in [5.41, 5.74) is 3.04. The van der Waals surface area contributed by atoms with Crippen molar-refractivity contribution in [2.45, 2.75) is 25.9 Å². The Hall–Kier alpha value is -1.10. The number of hydrogen-bond acceptors (Lipinski definition) is 1. The fourth-order valence-electron chi connectivity index (χ4n) is 4.02. The second-order valence-corrected chi connectivity index (χ2v) is 6.50. The molecule has 21 heavy (non-hydrogen) atoms. The van der Waals surface area contributed by atoms with Crippen molar-refractivity contribution >= 4 is 0 Å². The molecule has 4 N–H and O–H groups in total. The van der Waals surface area contributed by atoms with Gasteiger partial charge in [-0.3, -0.25) is 0 Å². The zero-order valence-corrected chi connectivity index (χ0v) is 13.5. The normalized spacial score (nSPS) is 29.0. The summed E-state index contributed by atoms with van der Waals surface area (Å²) >= 11 is 0. The van der Waals surface area contributed by atoms with E-state index < -0.39 is 0 Å². The summed E-state index contributed by atoms with van der Waals surface area (Å²) in [5, 5.41) is 2.46. The van der Waals surface area contributed by atoms with Crippen molar-refractivity contribution < 1.29 is 19.9 Å². The minimum Gasteiger partial charge on any atom is -0.497 e. The molecule has 2 aliphatic heterocycles. The van der Waals surface area contributed by atoms with E-state index >= 15 is 0 Å². The number of nitrogens with one attached hydrogen (secondary N) is 2. The molecule has 0 radical (unpaired) electrons. The smallest absolute Gasteiger partial charge is 0.163 e. The maximum Gasteiger partial charge on any atom is 0.163 e. The topological polar surface area (TPSA) is 34.7 Å². The van der Waals surface area contributed by atoms with Crippen molar-refractivity contribution in [3.63, 3.8) is 0 Å². The summed E-state index contributed by atoms with van der Waals surface area (Å²) < 4.78 is 5.38. The molecule has 0 aliphatic carbocycles. The Bertz CT molecular complexity index is 469. The van der Waals surface area contributed by atoms with E-state index in [4.69, 9.17) is 4.74 Å². The van der Waals surface area contributed by atoms with Gasteiger partial charge in [0, 0.05) is 11.1 Å². The van der Waals surface area contributed by atoms with Crippen molar-refractivity contribution in [2.24, 2.45) is 0 Å². The van der Waals surface area contributed by atoms with Gasteiger partial charge >= 0.3 is 0 Å². The van der Waals surface area contributed by atoms with Crippen molar-refractivity contribution in [1.29, 1.82) is 0 Å². The summed E-state index contributed by atoms with van der Waals surface area (Å²) in [6.45, 7) is 11.3. The van der Waals surface area contributed by atoms with Crippen LogP contribution in [-0.4, -0.2) is 46.4 Å². The molecule has 0 spiro atoms. The predicted octanol–water partition coefficient (Wildman–Crippen LogP) is -1.99. The first-order valence-electron chi connectivity index (χ1n) is 8.48. The van der Waals surface area contributed by atoms with Crippen molar-refractivity contribution in [1.82, 2.24) is 0 Å². The lowest BCUT2D eigenvalue weighted by molar-refractivity contribution is -1.03. The number of benzene rings is 1. The van der Waals surface area contributed by atoms with Crippen molar-refractivity contribution in [3.8, 4) is 5.75 Å². The molecule has 3 rings (SSSR count). The van der Waals surface area contributed by atoms with Crippen LogP contribution in [0.4, 0.5) is 0 Å². The fourth-order valence-corrected chi connectivity index (χ4v) is 4.02. The van der Waals surface area contributed by atoms with Gasteiger partial charge in [0.2, 0.25) is 0 Å². The van der Waals surface area contributed by atoms with Crippen LogP contribution in [0.15, 0.2) is 18.2 Å². The number of hydrogen-bond donors (Lipinski definition) is 3. The number of piperazine rings is 1. The van der Waals surface area contributed by atoms with E-state index in [1.807, 2.05) is 0 Å². The van der Waals surface area contributed by atoms with Crippen LogP contribution in [0.1, 0.15) is 30.5 Å². The minimum absolute atomic E-state index is 0.669. The fraction of sp³-hybridized carbons (Fsp3) is 0.647. The highest BCUT2D eigenvalue weighted by Gasteiger charge is 2.35. The Morgan fingerprint density at radius 1 is 1.24 bits per heavy atom. The van der Waals surface area contributed by atoms with Crippen LogP contribution in [0.3, 0.4) is 0 Å². The molecule has 1 aromatic carbocycles. The molecule has 0 amide bonds. The van der Waals surface area contributed by atoms with Gasteiger partial charge in [0.1, 0.15) is 45.0 Å². The third-order valence-electron chi connectivity index (χ3n) is 5.19. The number of nitrogens with two attached hydrogens (primary N) is 1. The third-order valence-corrected chi connectivity index (χ3v) is 5.19. The van der Waals surface area contributed by atoms with E-state index in [-0.39, 0.29) is 0 Å². The van der Waals surface area contributed by atoms with E-state index in [0.29, 0.717) is 6.04 Å². The molecule has 4 nitrogen and oxygen atoms in total. The van der Waals surface area contributed by atoms with Gasteiger partial charge in [0.15, 0.2) is 6.04 Å². The molecule has 1 saturated heterocycles. The second-order valence-electron chi connectivity index (χ2n) is 6.50. The van der Waals surface area contributed by atoms with Gasteiger partial charge in [0.25, 0.3) is 0 Å². The van der Waals surface area contributed by atoms with Gasteiger partial charge < -0.3 is 19.9 Å². The van der Waals surface area contributed by atoms with Crippen LogP contribution < -0.4 is 19.9 Å². The quantitative estimate of drug-likeness (QED) is 0.590. The molecule has 0 bridgehead atoms. The molecule has 2 aliphatic rings. The Labute approximate surface area is 128 Å². The molecule has 2 heterocycles. The number of rotatable bonds is 4. The zero-order chi connectivity index (χ0) is 14.7. The summed E-state index contributed by atoms with van der Waals surface area (Å²) in [7, 11) is 1.76. The average molecular weight is 292 g/mol. The largest absolute Gasteiger partial charge is 0.497 e. The van der Waals surface area contributed by atoms with Gasteiger partial charge in [-0.15, -0.1) is 0 Å². The molecule has 116 valence electrons. The Kier molecular flexibility index (Phi) is 4.78. The first-order chi connectivity index (χ1) is 10.3. The highest BCUT2D eigenvalue weighted by molar-refractivity contribution is 5.37. The first kappa shape index (κ1) is 14.8. The van der Waals surface area contributed by atoms with E-state index in [9.17, 15) is 0 Å². The van der Waals surface area contributed by atoms with Crippen molar-refractivity contribution in [2.75, 3.05) is 46.4 Å². The Morgan fingerprint density at radius 2 is 2.05 bits per heavy atom. The first-order valence-corrected chi connectivity index (χ1v) is 8.48. The standard InChI is InChI=1S/C17H27N3O/c1-3-6-19-7-9-20(10-8-19)17-13-18-12-14-11-15(21-2)4-5-16(14)17/h4-5,11,17-18H,3,6-10,12-13H2,1-2H3/p+3/t17-/m1/s1. The SMILES string of the molecule is CCC[NH+]1CC[NH+]([C@@H]2C[NH2+]Cc3cc(OC)ccc32)CC1. The van der Waals surface area contributed by atoms with Crippen molar-refractivity contribution in [3.05, 3.63) is 29.3 Å². The van der Waals surface area contributed by atoms with E-state index in [1.165, 1.54) is 51.3 Å². The lowest BCUT2D eigenvalue weighted by Crippen LogP contribution is -3.29. The van der Waals surface area contributed by atoms with Crippen LogP contribution >= 0.6 is 0 Å². The van der Waals surface area contributed by atoms with Crippen LogP contribution in [-0.2, 0) is 6.54 Å². The number of quaternary nitrogens is 3. The Balaban J connectivity index is 1.71.